The van der Waals surface area contributed by atoms with Crippen LogP contribution in [0.4, 0.5) is 34.8 Å². The maximum absolute atomic E-state index is 11.9. The molecule has 0 bridgehead atoms. The summed E-state index contributed by atoms with van der Waals surface area (Å²) < 4.78 is 12.5. The zero-order valence-corrected chi connectivity index (χ0v) is 23.3. The standard InChI is InChI=1S/C27H26N14O3/c28-15-17-16-31-41(25-29-4-1-5-30-25)23(17)38-37-21-22(32-18-2-3-19-20(14-18)34-27(42)33-19)35-26(40-8-12-44-13-9-40)36-24(21)39-6-10-43-11-7-39/h1-5,14,16H,6-13H2,(H,32,35,36)(H2,33,34,42). The lowest BCUT2D eigenvalue weighted by Crippen LogP contribution is -2.39. The van der Waals surface area contributed by atoms with Gasteiger partial charge < -0.3 is 34.6 Å². The number of benzene rings is 1. The second kappa shape index (κ2) is 11.9. The summed E-state index contributed by atoms with van der Waals surface area (Å²) >= 11 is 0. The molecule has 0 spiro atoms. The summed E-state index contributed by atoms with van der Waals surface area (Å²) in [7, 11) is 0. The lowest BCUT2D eigenvalue weighted by atomic mass is 10.2. The molecule has 222 valence electrons. The summed E-state index contributed by atoms with van der Waals surface area (Å²) in [4.78, 5) is 39.9. The van der Waals surface area contributed by atoms with Crippen molar-refractivity contribution in [1.82, 2.24) is 39.7 Å². The van der Waals surface area contributed by atoms with Gasteiger partial charge in [-0.05, 0) is 24.3 Å². The monoisotopic (exact) mass is 594 g/mol. The first kappa shape index (κ1) is 27.1. The van der Waals surface area contributed by atoms with Crippen LogP contribution in [0.1, 0.15) is 5.56 Å². The number of anilines is 4. The van der Waals surface area contributed by atoms with E-state index in [1.54, 1.807) is 30.6 Å². The molecule has 3 N–H and O–H groups in total. The first-order chi connectivity index (χ1) is 21.7. The zero-order valence-electron chi connectivity index (χ0n) is 23.3. The molecule has 2 aliphatic rings. The number of fused-ring (bicyclic) bond motifs is 1. The molecule has 6 heterocycles. The molecule has 17 nitrogen and oxygen atoms in total. The summed E-state index contributed by atoms with van der Waals surface area (Å²) in [5, 5.41) is 26.6. The fourth-order valence-corrected chi connectivity index (χ4v) is 4.92. The maximum Gasteiger partial charge on any atom is 0.323 e. The predicted octanol–water partition coefficient (Wildman–Crippen LogP) is 2.33. The van der Waals surface area contributed by atoms with Crippen molar-refractivity contribution < 1.29 is 9.47 Å². The minimum Gasteiger partial charge on any atom is -0.378 e. The Bertz CT molecular complexity index is 1910. The Balaban J connectivity index is 1.38. The van der Waals surface area contributed by atoms with Crippen molar-refractivity contribution in [2.45, 2.75) is 0 Å². The van der Waals surface area contributed by atoms with Gasteiger partial charge in [-0.2, -0.15) is 25.0 Å². The van der Waals surface area contributed by atoms with Gasteiger partial charge in [-0.1, -0.05) is 0 Å². The highest BCUT2D eigenvalue weighted by Crippen LogP contribution is 2.39. The molecule has 0 aliphatic carbocycles. The van der Waals surface area contributed by atoms with Crippen LogP contribution >= 0.6 is 0 Å². The van der Waals surface area contributed by atoms with Crippen LogP contribution in [-0.4, -0.2) is 92.3 Å². The summed E-state index contributed by atoms with van der Waals surface area (Å²) in [6, 6.07) is 9.21. The highest BCUT2D eigenvalue weighted by atomic mass is 16.5. The van der Waals surface area contributed by atoms with Crippen molar-refractivity contribution in [2.24, 2.45) is 10.2 Å². The minimum atomic E-state index is -0.301. The first-order valence-corrected chi connectivity index (χ1v) is 13.9. The number of ether oxygens (including phenoxy) is 2. The van der Waals surface area contributed by atoms with Gasteiger partial charge in [0.1, 0.15) is 11.6 Å². The van der Waals surface area contributed by atoms with Gasteiger partial charge in [0, 0.05) is 44.3 Å². The number of aromatic nitrogens is 8. The van der Waals surface area contributed by atoms with Gasteiger partial charge in [-0.25, -0.2) is 14.8 Å². The lowest BCUT2D eigenvalue weighted by Gasteiger charge is -2.32. The number of azo groups is 1. The maximum atomic E-state index is 11.9. The fourth-order valence-electron chi connectivity index (χ4n) is 4.92. The number of imidazole rings is 1. The van der Waals surface area contributed by atoms with Crippen LogP contribution in [0.2, 0.25) is 0 Å². The van der Waals surface area contributed by atoms with E-state index in [2.05, 4.69) is 56.4 Å². The van der Waals surface area contributed by atoms with Gasteiger partial charge in [0.25, 0.3) is 5.95 Å². The average Bonchev–Trinajstić information content (AvgIpc) is 3.66. The second-order valence-corrected chi connectivity index (χ2v) is 9.86. The number of morpholine rings is 2. The molecule has 7 rings (SSSR count). The van der Waals surface area contributed by atoms with Gasteiger partial charge in [-0.3, -0.25) is 0 Å². The summed E-state index contributed by atoms with van der Waals surface area (Å²) in [6.45, 7) is 4.56. The third-order valence-electron chi connectivity index (χ3n) is 7.09. The van der Waals surface area contributed by atoms with Crippen LogP contribution in [0.15, 0.2) is 57.9 Å². The van der Waals surface area contributed by atoms with E-state index in [-0.39, 0.29) is 23.0 Å². The Hall–Kier alpha value is -5.73. The molecule has 0 saturated carbocycles. The van der Waals surface area contributed by atoms with Crippen molar-refractivity contribution in [3.63, 3.8) is 0 Å². The normalized spacial score (nSPS) is 15.6. The van der Waals surface area contributed by atoms with E-state index in [1.165, 1.54) is 10.9 Å². The molecule has 1 aromatic carbocycles. The lowest BCUT2D eigenvalue weighted by molar-refractivity contribution is 0.121. The summed E-state index contributed by atoms with van der Waals surface area (Å²) in [6.07, 6.45) is 4.53. The summed E-state index contributed by atoms with van der Waals surface area (Å²) in [5.74, 6) is 1.83. The van der Waals surface area contributed by atoms with E-state index < -0.39 is 0 Å². The van der Waals surface area contributed by atoms with Crippen LogP contribution < -0.4 is 20.8 Å². The number of nitrogens with zero attached hydrogens (tertiary/aromatic N) is 11. The number of rotatable bonds is 7. The number of aromatic amines is 2. The largest absolute Gasteiger partial charge is 0.378 e. The Morgan fingerprint density at radius 3 is 2.39 bits per heavy atom. The quantitative estimate of drug-likeness (QED) is 0.232. The molecule has 2 fully saturated rings. The van der Waals surface area contributed by atoms with Crippen LogP contribution in [-0.2, 0) is 9.47 Å². The van der Waals surface area contributed by atoms with Gasteiger partial charge in [0.05, 0.1) is 43.7 Å². The van der Waals surface area contributed by atoms with E-state index in [1.807, 2.05) is 6.07 Å². The van der Waals surface area contributed by atoms with Crippen molar-refractivity contribution in [2.75, 3.05) is 67.7 Å². The Labute approximate surface area is 249 Å². The molecule has 0 amide bonds. The van der Waals surface area contributed by atoms with E-state index in [4.69, 9.17) is 19.4 Å². The van der Waals surface area contributed by atoms with Gasteiger partial charge in [0.15, 0.2) is 23.1 Å². The Morgan fingerprint density at radius 1 is 0.909 bits per heavy atom. The SMILES string of the molecule is N#Cc1cnn(-c2ncccn2)c1N=Nc1c(Nc2ccc3[nH]c(=O)[nH]c3c2)nc(N2CCOCC2)nc1N1CCOCC1. The average molecular weight is 595 g/mol. The van der Waals surface area contributed by atoms with Crippen molar-refractivity contribution in [3.8, 4) is 12.0 Å². The summed E-state index contributed by atoms with van der Waals surface area (Å²) in [5.41, 5.74) is 2.19. The molecule has 5 aromatic rings. The molecule has 17 heteroatoms. The predicted molar refractivity (Wildman–Crippen MR) is 158 cm³/mol. The molecule has 4 aromatic heterocycles. The molecular weight excluding hydrogens is 568 g/mol. The number of H-pyrrole nitrogens is 2. The van der Waals surface area contributed by atoms with E-state index in [0.29, 0.717) is 92.6 Å². The molecule has 2 aliphatic heterocycles. The third kappa shape index (κ3) is 5.42. The Kier molecular flexibility index (Phi) is 7.32. The molecule has 0 atom stereocenters. The van der Waals surface area contributed by atoms with E-state index in [9.17, 15) is 10.1 Å². The molecule has 44 heavy (non-hydrogen) atoms. The van der Waals surface area contributed by atoms with Crippen LogP contribution in [0.25, 0.3) is 17.0 Å². The number of hydrogen-bond donors (Lipinski definition) is 3. The highest BCUT2D eigenvalue weighted by Gasteiger charge is 2.26. The fraction of sp³-hybridized carbons (Fsp3) is 0.296. The molecule has 2 saturated heterocycles. The smallest absolute Gasteiger partial charge is 0.323 e. The van der Waals surface area contributed by atoms with E-state index >= 15 is 0 Å². The van der Waals surface area contributed by atoms with Crippen molar-refractivity contribution >= 4 is 45.8 Å². The second-order valence-electron chi connectivity index (χ2n) is 9.86. The van der Waals surface area contributed by atoms with Crippen LogP contribution in [0.5, 0.6) is 0 Å². The van der Waals surface area contributed by atoms with Crippen LogP contribution in [0.3, 0.4) is 0 Å². The number of nitriles is 1. The third-order valence-corrected chi connectivity index (χ3v) is 7.09. The van der Waals surface area contributed by atoms with Crippen LogP contribution in [0, 0.1) is 11.3 Å². The van der Waals surface area contributed by atoms with Gasteiger partial charge in [0.2, 0.25) is 5.95 Å². The minimum absolute atomic E-state index is 0.154. The number of hydrogen-bond acceptors (Lipinski definition) is 14. The Morgan fingerprint density at radius 2 is 1.64 bits per heavy atom. The molecular formula is C27H26N14O3. The van der Waals surface area contributed by atoms with Crippen molar-refractivity contribution in [1.29, 1.82) is 5.26 Å². The molecule has 0 unspecified atom stereocenters. The number of nitrogens with one attached hydrogen (secondary N) is 3. The molecule has 0 radical (unpaired) electrons. The zero-order chi connectivity index (χ0) is 29.9. The van der Waals surface area contributed by atoms with Gasteiger partial charge in [-0.15, -0.1) is 10.2 Å². The van der Waals surface area contributed by atoms with Crippen molar-refractivity contribution in [3.05, 3.63) is 58.9 Å². The van der Waals surface area contributed by atoms with Gasteiger partial charge >= 0.3 is 5.69 Å². The first-order valence-electron chi connectivity index (χ1n) is 13.9. The highest BCUT2D eigenvalue weighted by molar-refractivity contribution is 5.84. The topological polar surface area (TPSA) is 204 Å². The van der Waals surface area contributed by atoms with E-state index in [0.717, 1.165) is 0 Å².